The van der Waals surface area contributed by atoms with Crippen LogP contribution in [0.5, 0.6) is 0 Å². The van der Waals surface area contributed by atoms with Gasteiger partial charge in [0.15, 0.2) is 0 Å². The van der Waals surface area contributed by atoms with Gasteiger partial charge in [-0.3, -0.25) is 4.68 Å². The van der Waals surface area contributed by atoms with Crippen molar-refractivity contribution in [2.45, 2.75) is 58.6 Å². The summed E-state index contributed by atoms with van der Waals surface area (Å²) in [6.45, 7) is 6.59. The molecular formula is C14H24N2O. The van der Waals surface area contributed by atoms with E-state index in [0.717, 1.165) is 18.5 Å². The van der Waals surface area contributed by atoms with E-state index in [-0.39, 0.29) is 6.10 Å². The van der Waals surface area contributed by atoms with Crippen LogP contribution in [0.25, 0.3) is 0 Å². The molecule has 0 bridgehead atoms. The molecule has 0 spiro atoms. The number of aliphatic hydroxyl groups is 1. The highest BCUT2D eigenvalue weighted by atomic mass is 16.3. The lowest BCUT2D eigenvalue weighted by atomic mass is 10.1. The molecule has 1 aliphatic rings. The first-order valence-electron chi connectivity index (χ1n) is 6.87. The molecule has 3 nitrogen and oxygen atoms in total. The number of rotatable bonds is 6. The lowest BCUT2D eigenvalue weighted by Gasteiger charge is -2.13. The van der Waals surface area contributed by atoms with Crippen LogP contribution >= 0.6 is 0 Å². The van der Waals surface area contributed by atoms with Gasteiger partial charge in [0, 0.05) is 12.6 Å². The van der Waals surface area contributed by atoms with Crippen molar-refractivity contribution in [2.75, 3.05) is 0 Å². The van der Waals surface area contributed by atoms with Gasteiger partial charge in [-0.05, 0) is 37.2 Å². The van der Waals surface area contributed by atoms with E-state index in [1.807, 2.05) is 0 Å². The van der Waals surface area contributed by atoms with E-state index in [1.165, 1.54) is 6.42 Å². The van der Waals surface area contributed by atoms with E-state index in [1.54, 1.807) is 0 Å². The Morgan fingerprint density at radius 2 is 2.12 bits per heavy atom. The molecule has 96 valence electrons. The number of hydrogen-bond acceptors (Lipinski definition) is 2. The van der Waals surface area contributed by atoms with Crippen molar-refractivity contribution < 1.29 is 5.11 Å². The molecule has 3 heteroatoms. The molecular weight excluding hydrogens is 212 g/mol. The molecule has 1 heterocycles. The second-order valence-electron chi connectivity index (χ2n) is 5.41. The second-order valence-corrected chi connectivity index (χ2v) is 5.41. The number of aromatic nitrogens is 2. The van der Waals surface area contributed by atoms with E-state index in [2.05, 4.69) is 42.8 Å². The van der Waals surface area contributed by atoms with Gasteiger partial charge in [0.25, 0.3) is 0 Å². The Morgan fingerprint density at radius 1 is 1.47 bits per heavy atom. The van der Waals surface area contributed by atoms with E-state index >= 15 is 0 Å². The van der Waals surface area contributed by atoms with Gasteiger partial charge in [0.1, 0.15) is 0 Å². The Hall–Kier alpha value is -0.830. The summed E-state index contributed by atoms with van der Waals surface area (Å²) in [6.07, 6.45) is 5.96. The van der Waals surface area contributed by atoms with Gasteiger partial charge in [-0.25, -0.2) is 0 Å². The molecule has 0 amide bonds. The van der Waals surface area contributed by atoms with Gasteiger partial charge in [0.05, 0.1) is 17.8 Å². The standard InChI is InChI=1S/C14H24N2O/c1-4-12(5-2)16-7-6-11(15-16)9-14(17)13-8-10(13)3/h6-7,10,12-14,17H,4-5,8-9H2,1-3H3. The summed E-state index contributed by atoms with van der Waals surface area (Å²) in [6, 6.07) is 2.55. The minimum absolute atomic E-state index is 0.199. The third kappa shape index (κ3) is 2.89. The van der Waals surface area contributed by atoms with E-state index in [4.69, 9.17) is 0 Å². The molecule has 0 aliphatic heterocycles. The molecule has 1 aromatic heterocycles. The van der Waals surface area contributed by atoms with E-state index in [9.17, 15) is 5.11 Å². The maximum absolute atomic E-state index is 10.0. The molecule has 3 atom stereocenters. The topological polar surface area (TPSA) is 38.0 Å². The van der Waals surface area contributed by atoms with Crippen molar-refractivity contribution >= 4 is 0 Å². The Bertz CT molecular complexity index is 357. The van der Waals surface area contributed by atoms with Crippen molar-refractivity contribution in [2.24, 2.45) is 11.8 Å². The first-order chi connectivity index (χ1) is 8.15. The van der Waals surface area contributed by atoms with Gasteiger partial charge in [-0.1, -0.05) is 20.8 Å². The smallest absolute Gasteiger partial charge is 0.0650 e. The summed E-state index contributed by atoms with van der Waals surface area (Å²) in [4.78, 5) is 0. The lowest BCUT2D eigenvalue weighted by molar-refractivity contribution is 0.145. The Kier molecular flexibility index (Phi) is 3.87. The quantitative estimate of drug-likeness (QED) is 0.824. The van der Waals surface area contributed by atoms with E-state index < -0.39 is 0 Å². The zero-order valence-corrected chi connectivity index (χ0v) is 11.1. The molecule has 0 saturated heterocycles. The summed E-state index contributed by atoms with van der Waals surface area (Å²) in [5.74, 6) is 1.21. The van der Waals surface area contributed by atoms with Crippen LogP contribution in [0.15, 0.2) is 12.3 Å². The molecule has 1 fully saturated rings. The third-order valence-corrected chi connectivity index (χ3v) is 4.06. The number of aliphatic hydroxyl groups excluding tert-OH is 1. The van der Waals surface area contributed by atoms with E-state index in [0.29, 0.717) is 24.3 Å². The number of nitrogens with zero attached hydrogens (tertiary/aromatic N) is 2. The number of hydrogen-bond donors (Lipinski definition) is 1. The van der Waals surface area contributed by atoms with Crippen molar-refractivity contribution in [1.82, 2.24) is 9.78 Å². The van der Waals surface area contributed by atoms with Crippen molar-refractivity contribution in [1.29, 1.82) is 0 Å². The molecule has 1 aliphatic carbocycles. The first-order valence-corrected chi connectivity index (χ1v) is 6.87. The van der Waals surface area contributed by atoms with Crippen LogP contribution < -0.4 is 0 Å². The molecule has 1 aromatic rings. The highest BCUT2D eigenvalue weighted by Crippen LogP contribution is 2.41. The molecule has 0 aromatic carbocycles. The van der Waals surface area contributed by atoms with Crippen LogP contribution in [0.1, 0.15) is 51.8 Å². The minimum atomic E-state index is -0.199. The SMILES string of the molecule is CCC(CC)n1ccc(CC(O)C2CC2C)n1. The minimum Gasteiger partial charge on any atom is -0.392 e. The van der Waals surface area contributed by atoms with Crippen LogP contribution in [0.3, 0.4) is 0 Å². The van der Waals surface area contributed by atoms with Gasteiger partial charge in [-0.15, -0.1) is 0 Å². The fourth-order valence-corrected chi connectivity index (χ4v) is 2.61. The molecule has 2 rings (SSSR count). The summed E-state index contributed by atoms with van der Waals surface area (Å²) in [5.41, 5.74) is 1.03. The van der Waals surface area contributed by atoms with Crippen LogP contribution in [-0.2, 0) is 6.42 Å². The van der Waals surface area contributed by atoms with Gasteiger partial charge in [-0.2, -0.15) is 5.10 Å². The average molecular weight is 236 g/mol. The average Bonchev–Trinajstić information content (AvgIpc) is 2.86. The summed E-state index contributed by atoms with van der Waals surface area (Å²) < 4.78 is 2.05. The van der Waals surface area contributed by atoms with Gasteiger partial charge in [0.2, 0.25) is 0 Å². The predicted molar refractivity (Wildman–Crippen MR) is 68.8 cm³/mol. The van der Waals surface area contributed by atoms with Gasteiger partial charge >= 0.3 is 0 Å². The van der Waals surface area contributed by atoms with Crippen LogP contribution in [-0.4, -0.2) is 21.0 Å². The monoisotopic (exact) mass is 236 g/mol. The molecule has 0 radical (unpaired) electrons. The zero-order valence-electron chi connectivity index (χ0n) is 11.1. The summed E-state index contributed by atoms with van der Waals surface area (Å²) >= 11 is 0. The molecule has 1 N–H and O–H groups in total. The summed E-state index contributed by atoms with van der Waals surface area (Å²) in [5, 5.41) is 14.6. The Morgan fingerprint density at radius 3 is 2.65 bits per heavy atom. The Balaban J connectivity index is 1.93. The predicted octanol–water partition coefficient (Wildman–Crippen LogP) is 2.80. The molecule has 3 unspecified atom stereocenters. The fraction of sp³-hybridized carbons (Fsp3) is 0.786. The second kappa shape index (κ2) is 5.21. The lowest BCUT2D eigenvalue weighted by Crippen LogP contribution is -2.15. The molecule has 17 heavy (non-hydrogen) atoms. The van der Waals surface area contributed by atoms with Crippen LogP contribution in [0.4, 0.5) is 0 Å². The summed E-state index contributed by atoms with van der Waals surface area (Å²) in [7, 11) is 0. The van der Waals surface area contributed by atoms with Crippen LogP contribution in [0.2, 0.25) is 0 Å². The van der Waals surface area contributed by atoms with Gasteiger partial charge < -0.3 is 5.11 Å². The van der Waals surface area contributed by atoms with Crippen molar-refractivity contribution in [3.8, 4) is 0 Å². The zero-order chi connectivity index (χ0) is 12.4. The highest BCUT2D eigenvalue weighted by molar-refractivity contribution is 5.04. The Labute approximate surface area is 104 Å². The maximum Gasteiger partial charge on any atom is 0.0650 e. The molecule has 1 saturated carbocycles. The third-order valence-electron chi connectivity index (χ3n) is 4.06. The van der Waals surface area contributed by atoms with Crippen LogP contribution in [0, 0.1) is 11.8 Å². The first kappa shape index (κ1) is 12.6. The highest BCUT2D eigenvalue weighted by Gasteiger charge is 2.38. The fourth-order valence-electron chi connectivity index (χ4n) is 2.61. The largest absolute Gasteiger partial charge is 0.392 e. The maximum atomic E-state index is 10.0. The van der Waals surface area contributed by atoms with Crippen molar-refractivity contribution in [3.05, 3.63) is 18.0 Å². The normalized spacial score (nSPS) is 25.2. The van der Waals surface area contributed by atoms with Crippen molar-refractivity contribution in [3.63, 3.8) is 0 Å².